The van der Waals surface area contributed by atoms with Crippen LogP contribution in [0.3, 0.4) is 0 Å². The molecular weight excluding hydrogens is 560 g/mol. The van der Waals surface area contributed by atoms with E-state index in [1.807, 2.05) is 23.1 Å². The van der Waals surface area contributed by atoms with Gasteiger partial charge in [-0.3, -0.25) is 19.2 Å². The van der Waals surface area contributed by atoms with Crippen LogP contribution in [0, 0.1) is 5.92 Å². The summed E-state index contributed by atoms with van der Waals surface area (Å²) in [5.41, 5.74) is 10.1. The number of ketones is 2. The highest BCUT2D eigenvalue weighted by molar-refractivity contribution is 6.19. The minimum absolute atomic E-state index is 0.0403. The number of carbonyl (C=O) groups is 4. The lowest BCUT2D eigenvalue weighted by Gasteiger charge is -2.37. The number of aromatic nitrogens is 2. The Kier molecular flexibility index (Phi) is 8.98. The molecule has 1 aliphatic heterocycles. The van der Waals surface area contributed by atoms with Crippen LogP contribution in [0.2, 0.25) is 0 Å². The summed E-state index contributed by atoms with van der Waals surface area (Å²) in [7, 11) is 0. The van der Waals surface area contributed by atoms with Gasteiger partial charge in [-0.15, -0.1) is 0 Å². The number of allylic oxidation sites excluding steroid dienone is 3. The number of amides is 2. The van der Waals surface area contributed by atoms with E-state index < -0.39 is 11.8 Å². The molecule has 0 saturated heterocycles. The Morgan fingerprint density at radius 2 is 1.84 bits per heavy atom. The summed E-state index contributed by atoms with van der Waals surface area (Å²) in [4.78, 5) is 60.7. The maximum atomic E-state index is 13.0. The number of benzene rings is 1. The maximum absolute atomic E-state index is 13.0. The normalized spacial score (nSPS) is 21.4. The van der Waals surface area contributed by atoms with Gasteiger partial charge in [0.05, 0.1) is 12.2 Å². The van der Waals surface area contributed by atoms with Gasteiger partial charge in [-0.05, 0) is 37.3 Å². The summed E-state index contributed by atoms with van der Waals surface area (Å²) in [6.07, 6.45) is 9.25. The van der Waals surface area contributed by atoms with E-state index in [9.17, 15) is 19.2 Å². The quantitative estimate of drug-likeness (QED) is 0.0929. The molecule has 1 unspecified atom stereocenters. The number of nitrogens with two attached hydrogens (primary N) is 2. The third kappa shape index (κ3) is 6.43. The fraction of sp³-hybridized carbons (Fsp3) is 0.344. The number of fused-ring (bicyclic) bond motifs is 1. The first kappa shape index (κ1) is 30.3. The van der Waals surface area contributed by atoms with Crippen molar-refractivity contribution >= 4 is 29.2 Å². The standard InChI is InChI=1S/C32H36N8O4/c1-18-28(19(2)29(18)42)40-15-22-12-20(10-11-24(22)27(41)16-40)14-35-31(43)25-13-26(37-17-36-25)32(44)38-23-8-4-3-6-21(7-5-9-23)30(33)39-34/h5,9-13,17,21,23H,1,3-4,6-8,14-16,34H2,2H3,(H2,33,39)(H,35,43)(H,38,44)/b9-5+/t21?,23-/m0/s1. The third-order valence-electron chi connectivity index (χ3n) is 8.31. The molecule has 5 rings (SSSR count). The van der Waals surface area contributed by atoms with Gasteiger partial charge < -0.3 is 27.1 Å². The van der Waals surface area contributed by atoms with Gasteiger partial charge in [-0.1, -0.05) is 49.8 Å². The number of hydrazone groups is 1. The number of Topliss-reactive ketones (excluding diaryl/α,β-unsaturated/α-hetero) is 2. The lowest BCUT2D eigenvalue weighted by atomic mass is 9.86. The highest BCUT2D eigenvalue weighted by Crippen LogP contribution is 2.35. The van der Waals surface area contributed by atoms with Gasteiger partial charge in [0.15, 0.2) is 11.6 Å². The topological polar surface area (TPSA) is 186 Å². The van der Waals surface area contributed by atoms with E-state index in [1.165, 1.54) is 12.4 Å². The smallest absolute Gasteiger partial charge is 0.270 e. The van der Waals surface area contributed by atoms with Crippen molar-refractivity contribution < 1.29 is 19.2 Å². The van der Waals surface area contributed by atoms with Gasteiger partial charge >= 0.3 is 0 Å². The minimum Gasteiger partial charge on any atom is -0.385 e. The fourth-order valence-corrected chi connectivity index (χ4v) is 5.86. The van der Waals surface area contributed by atoms with Crippen molar-refractivity contribution in [3.8, 4) is 0 Å². The Hall–Kier alpha value is -5.13. The molecule has 1 aromatic carbocycles. The van der Waals surface area contributed by atoms with E-state index in [2.05, 4.69) is 32.3 Å². The maximum Gasteiger partial charge on any atom is 0.270 e. The molecular formula is C32H36N8O4. The van der Waals surface area contributed by atoms with Crippen LogP contribution in [0.25, 0.3) is 0 Å². The molecule has 12 heteroatoms. The number of amidine groups is 1. The zero-order valence-electron chi connectivity index (χ0n) is 24.6. The molecule has 2 amide bonds. The first-order valence-corrected chi connectivity index (χ1v) is 14.6. The largest absolute Gasteiger partial charge is 0.385 e. The Labute approximate surface area is 255 Å². The molecule has 0 bridgehead atoms. The van der Waals surface area contributed by atoms with E-state index >= 15 is 0 Å². The van der Waals surface area contributed by atoms with E-state index in [-0.39, 0.29) is 48.0 Å². The molecule has 0 spiro atoms. The summed E-state index contributed by atoms with van der Waals surface area (Å²) in [6.45, 7) is 6.40. The molecule has 2 aliphatic carbocycles. The molecule has 2 aromatic rings. The minimum atomic E-state index is -0.463. The zero-order chi connectivity index (χ0) is 31.4. The van der Waals surface area contributed by atoms with Crippen molar-refractivity contribution in [2.75, 3.05) is 6.54 Å². The zero-order valence-corrected chi connectivity index (χ0v) is 24.6. The van der Waals surface area contributed by atoms with Gasteiger partial charge in [-0.2, -0.15) is 5.10 Å². The van der Waals surface area contributed by atoms with Crippen LogP contribution in [0.5, 0.6) is 0 Å². The van der Waals surface area contributed by atoms with Crippen LogP contribution < -0.4 is 22.2 Å². The molecule has 1 aromatic heterocycles. The molecule has 3 aliphatic rings. The second-order valence-electron chi connectivity index (χ2n) is 11.3. The van der Waals surface area contributed by atoms with Crippen molar-refractivity contribution in [1.82, 2.24) is 25.5 Å². The predicted molar refractivity (Wildman–Crippen MR) is 164 cm³/mol. The SMILES string of the molecule is C=C1C(=O)C(C)=C1N1CC(=O)c2ccc(CNC(=O)c3cc(C(=O)N[C@@H]4/C=C/CC(/C(N)=N/N)CCCC4)ncn3)cc2C1. The van der Waals surface area contributed by atoms with Gasteiger partial charge in [-0.25, -0.2) is 9.97 Å². The van der Waals surface area contributed by atoms with Crippen LogP contribution in [-0.4, -0.2) is 56.7 Å². The van der Waals surface area contributed by atoms with Gasteiger partial charge in [0.1, 0.15) is 23.6 Å². The van der Waals surface area contributed by atoms with Crippen molar-refractivity contribution in [2.24, 2.45) is 22.6 Å². The number of nitrogens with zero attached hydrogens (tertiary/aromatic N) is 4. The third-order valence-corrected chi connectivity index (χ3v) is 8.31. The molecule has 228 valence electrons. The predicted octanol–water partition coefficient (Wildman–Crippen LogP) is 2.28. The van der Waals surface area contributed by atoms with Crippen LogP contribution in [0.15, 0.2) is 71.3 Å². The van der Waals surface area contributed by atoms with E-state index in [4.69, 9.17) is 11.6 Å². The second-order valence-corrected chi connectivity index (χ2v) is 11.3. The molecule has 0 radical (unpaired) electrons. The highest BCUT2D eigenvalue weighted by atomic mass is 16.2. The molecule has 0 fully saturated rings. The van der Waals surface area contributed by atoms with Crippen molar-refractivity contribution in [1.29, 1.82) is 0 Å². The summed E-state index contributed by atoms with van der Waals surface area (Å²) in [6, 6.07) is 6.61. The van der Waals surface area contributed by atoms with Crippen LogP contribution in [0.4, 0.5) is 0 Å². The molecule has 2 heterocycles. The fourth-order valence-electron chi connectivity index (χ4n) is 5.86. The molecule has 6 N–H and O–H groups in total. The summed E-state index contributed by atoms with van der Waals surface area (Å²) >= 11 is 0. The van der Waals surface area contributed by atoms with E-state index in [0.717, 1.165) is 42.5 Å². The number of rotatable bonds is 7. The van der Waals surface area contributed by atoms with Crippen molar-refractivity contribution in [2.45, 2.75) is 58.2 Å². The Bertz CT molecular complexity index is 1630. The Balaban J connectivity index is 1.20. The lowest BCUT2D eigenvalue weighted by Crippen LogP contribution is -2.40. The van der Waals surface area contributed by atoms with E-state index in [1.54, 1.807) is 19.1 Å². The summed E-state index contributed by atoms with van der Waals surface area (Å²) in [5.74, 6) is 4.87. The first-order valence-electron chi connectivity index (χ1n) is 14.6. The van der Waals surface area contributed by atoms with Crippen molar-refractivity contribution in [3.05, 3.63) is 94.2 Å². The van der Waals surface area contributed by atoms with E-state index in [0.29, 0.717) is 35.5 Å². The van der Waals surface area contributed by atoms with Gasteiger partial charge in [0.25, 0.3) is 11.8 Å². The molecule has 44 heavy (non-hydrogen) atoms. The summed E-state index contributed by atoms with van der Waals surface area (Å²) in [5, 5.41) is 9.44. The average molecular weight is 597 g/mol. The average Bonchev–Trinajstić information content (AvgIpc) is 3.15. The second kappa shape index (κ2) is 13.0. The monoisotopic (exact) mass is 596 g/mol. The number of carbonyl (C=O) groups excluding carboxylic acids is 4. The molecule has 0 saturated carbocycles. The number of hydrogen-bond donors (Lipinski definition) is 4. The van der Waals surface area contributed by atoms with Crippen LogP contribution in [0.1, 0.15) is 81.5 Å². The van der Waals surface area contributed by atoms with Crippen LogP contribution in [-0.2, 0) is 17.9 Å². The lowest BCUT2D eigenvalue weighted by molar-refractivity contribution is -0.113. The Morgan fingerprint density at radius 3 is 2.59 bits per heavy atom. The number of hydrogen-bond acceptors (Lipinski definition) is 9. The molecule has 12 nitrogen and oxygen atoms in total. The highest BCUT2D eigenvalue weighted by Gasteiger charge is 2.35. The Morgan fingerprint density at radius 1 is 1.09 bits per heavy atom. The first-order chi connectivity index (χ1) is 21.2. The summed E-state index contributed by atoms with van der Waals surface area (Å²) < 4.78 is 0. The number of nitrogens with one attached hydrogen (secondary N) is 2. The molecule has 2 atom stereocenters. The van der Waals surface area contributed by atoms with Crippen LogP contribution >= 0.6 is 0 Å². The van der Waals surface area contributed by atoms with Gasteiger partial charge in [0, 0.05) is 47.8 Å². The van der Waals surface area contributed by atoms with Crippen molar-refractivity contribution in [3.63, 3.8) is 0 Å². The van der Waals surface area contributed by atoms with Gasteiger partial charge in [0.2, 0.25) is 0 Å².